The molecule has 3 rings (SSSR count). The van der Waals surface area contributed by atoms with Crippen molar-refractivity contribution in [2.75, 3.05) is 11.4 Å². The second-order valence-corrected chi connectivity index (χ2v) is 5.51. The second-order valence-electron chi connectivity index (χ2n) is 5.51. The lowest BCUT2D eigenvalue weighted by atomic mass is 9.93. The van der Waals surface area contributed by atoms with Gasteiger partial charge in [0.1, 0.15) is 5.76 Å². The summed E-state index contributed by atoms with van der Waals surface area (Å²) in [5.74, 6) is 0.0500. The average molecular weight is 280 g/mol. The first-order valence-corrected chi connectivity index (χ1v) is 7.20. The quantitative estimate of drug-likeness (QED) is 0.658. The lowest BCUT2D eigenvalue weighted by molar-refractivity contribution is 0.431. The number of nitrogens with two attached hydrogens (primary N) is 1. The summed E-state index contributed by atoms with van der Waals surface area (Å²) in [5.41, 5.74) is 12.6. The van der Waals surface area contributed by atoms with Crippen molar-refractivity contribution in [3.63, 3.8) is 0 Å². The van der Waals surface area contributed by atoms with Gasteiger partial charge in [-0.2, -0.15) is 0 Å². The molecule has 108 valence electrons. The Morgan fingerprint density at radius 2 is 1.95 bits per heavy atom. The topological polar surface area (TPSA) is 49.5 Å². The fourth-order valence-electron chi connectivity index (χ4n) is 3.20. The highest BCUT2D eigenvalue weighted by molar-refractivity contribution is 5.80. The zero-order chi connectivity index (χ0) is 15.0. The number of aryl methyl sites for hydroxylation is 1. The number of allylic oxidation sites excluding steroid dienone is 4. The van der Waals surface area contributed by atoms with Crippen LogP contribution in [0.25, 0.3) is 5.57 Å². The van der Waals surface area contributed by atoms with Gasteiger partial charge in [0.2, 0.25) is 0 Å². The highest BCUT2D eigenvalue weighted by Gasteiger charge is 2.28. The highest BCUT2D eigenvalue weighted by Crippen LogP contribution is 2.41. The van der Waals surface area contributed by atoms with E-state index in [9.17, 15) is 5.11 Å². The number of hydrogen-bond donors (Lipinski definition) is 2. The normalized spacial score (nSPS) is 17.9. The molecule has 0 spiro atoms. The van der Waals surface area contributed by atoms with E-state index in [0.717, 1.165) is 36.9 Å². The molecule has 1 aromatic carbocycles. The number of aliphatic hydroxyl groups excluding tert-OH is 1. The zero-order valence-electron chi connectivity index (χ0n) is 12.1. The van der Waals surface area contributed by atoms with Gasteiger partial charge in [0.15, 0.2) is 0 Å². The molecular weight excluding hydrogens is 260 g/mol. The van der Waals surface area contributed by atoms with Crippen molar-refractivity contribution >= 4 is 11.3 Å². The Bertz CT molecular complexity index is 683. The predicted molar refractivity (Wildman–Crippen MR) is 88.0 cm³/mol. The molecule has 3 N–H and O–H groups in total. The standard InChI is InChI=1S/C18H20N2O/c1-3-13(10-17(21)11-19)16-8-14-5-4-12(2)20-7-6-15(9-16)18(14)20/h3,8-11,21H,1-2,4-7,19H2/b13-10+,17-11+. The summed E-state index contributed by atoms with van der Waals surface area (Å²) in [4.78, 5) is 2.34. The summed E-state index contributed by atoms with van der Waals surface area (Å²) < 4.78 is 0. The summed E-state index contributed by atoms with van der Waals surface area (Å²) >= 11 is 0. The minimum absolute atomic E-state index is 0.0500. The molecule has 0 aliphatic carbocycles. The van der Waals surface area contributed by atoms with Gasteiger partial charge in [0.05, 0.1) is 0 Å². The number of rotatable bonds is 3. The number of anilines is 1. The van der Waals surface area contributed by atoms with Crippen LogP contribution in [-0.4, -0.2) is 11.7 Å². The number of benzene rings is 1. The molecule has 2 heterocycles. The Labute approximate surface area is 125 Å². The molecule has 0 atom stereocenters. The van der Waals surface area contributed by atoms with Gasteiger partial charge in [-0.3, -0.25) is 0 Å². The van der Waals surface area contributed by atoms with Gasteiger partial charge in [-0.05, 0) is 59.7 Å². The summed E-state index contributed by atoms with van der Waals surface area (Å²) in [6.07, 6.45) is 7.66. The molecule has 0 aromatic heterocycles. The van der Waals surface area contributed by atoms with Crippen molar-refractivity contribution in [1.82, 2.24) is 0 Å². The maximum atomic E-state index is 9.62. The number of nitrogens with zero attached hydrogens (tertiary/aromatic N) is 1. The number of aliphatic hydroxyl groups is 1. The van der Waals surface area contributed by atoms with E-state index in [1.807, 2.05) is 0 Å². The summed E-state index contributed by atoms with van der Waals surface area (Å²) in [7, 11) is 0. The van der Waals surface area contributed by atoms with E-state index in [-0.39, 0.29) is 5.76 Å². The molecule has 3 nitrogen and oxygen atoms in total. The molecule has 2 aliphatic heterocycles. The molecule has 2 aliphatic rings. The Kier molecular flexibility index (Phi) is 3.34. The van der Waals surface area contributed by atoms with Crippen LogP contribution in [0.4, 0.5) is 5.69 Å². The Balaban J connectivity index is 2.10. The van der Waals surface area contributed by atoms with Gasteiger partial charge < -0.3 is 15.7 Å². The molecule has 3 heteroatoms. The smallest absolute Gasteiger partial charge is 0.131 e. The third-order valence-electron chi connectivity index (χ3n) is 4.23. The fourth-order valence-corrected chi connectivity index (χ4v) is 3.20. The minimum Gasteiger partial charge on any atom is -0.506 e. The van der Waals surface area contributed by atoms with Crippen molar-refractivity contribution in [1.29, 1.82) is 0 Å². The van der Waals surface area contributed by atoms with Gasteiger partial charge in [0.25, 0.3) is 0 Å². The molecule has 0 amide bonds. The van der Waals surface area contributed by atoms with Crippen LogP contribution in [0.3, 0.4) is 0 Å². The zero-order valence-corrected chi connectivity index (χ0v) is 12.1. The summed E-state index contributed by atoms with van der Waals surface area (Å²) in [5, 5.41) is 9.62. The van der Waals surface area contributed by atoms with Crippen molar-refractivity contribution in [3.05, 3.63) is 71.8 Å². The first kappa shape index (κ1) is 13.6. The first-order chi connectivity index (χ1) is 10.1. The van der Waals surface area contributed by atoms with Gasteiger partial charge in [-0.15, -0.1) is 0 Å². The van der Waals surface area contributed by atoms with E-state index in [4.69, 9.17) is 5.73 Å². The maximum absolute atomic E-state index is 9.62. The van der Waals surface area contributed by atoms with Crippen molar-refractivity contribution in [3.8, 4) is 0 Å². The lowest BCUT2D eigenvalue weighted by Crippen LogP contribution is -2.23. The second kappa shape index (κ2) is 5.17. The first-order valence-electron chi connectivity index (χ1n) is 7.20. The van der Waals surface area contributed by atoms with E-state index >= 15 is 0 Å². The van der Waals surface area contributed by atoms with Crippen LogP contribution in [0.5, 0.6) is 0 Å². The van der Waals surface area contributed by atoms with Crippen LogP contribution in [0.1, 0.15) is 23.1 Å². The summed E-state index contributed by atoms with van der Waals surface area (Å²) in [6.45, 7) is 9.03. The van der Waals surface area contributed by atoms with Crippen LogP contribution in [-0.2, 0) is 12.8 Å². The van der Waals surface area contributed by atoms with Crippen molar-refractivity contribution in [2.45, 2.75) is 19.3 Å². The molecular formula is C18H20N2O. The van der Waals surface area contributed by atoms with Gasteiger partial charge in [-0.1, -0.05) is 19.2 Å². The Morgan fingerprint density at radius 3 is 2.62 bits per heavy atom. The van der Waals surface area contributed by atoms with Gasteiger partial charge in [-0.25, -0.2) is 0 Å². The molecule has 0 unspecified atom stereocenters. The monoisotopic (exact) mass is 280 g/mol. The van der Waals surface area contributed by atoms with Crippen molar-refractivity contribution < 1.29 is 5.11 Å². The van der Waals surface area contributed by atoms with Crippen LogP contribution < -0.4 is 10.6 Å². The van der Waals surface area contributed by atoms with E-state index < -0.39 is 0 Å². The minimum atomic E-state index is 0.0500. The largest absolute Gasteiger partial charge is 0.506 e. The maximum Gasteiger partial charge on any atom is 0.131 e. The van der Waals surface area contributed by atoms with Crippen LogP contribution in [0.2, 0.25) is 0 Å². The van der Waals surface area contributed by atoms with Crippen LogP contribution in [0.15, 0.2) is 55.1 Å². The summed E-state index contributed by atoms with van der Waals surface area (Å²) in [6, 6.07) is 4.38. The lowest BCUT2D eigenvalue weighted by Gasteiger charge is -2.29. The average Bonchev–Trinajstić information content (AvgIpc) is 2.93. The molecule has 0 fully saturated rings. The Morgan fingerprint density at radius 1 is 1.24 bits per heavy atom. The molecule has 0 saturated heterocycles. The molecule has 21 heavy (non-hydrogen) atoms. The Hall–Kier alpha value is -2.42. The van der Waals surface area contributed by atoms with Crippen LogP contribution >= 0.6 is 0 Å². The molecule has 0 radical (unpaired) electrons. The predicted octanol–water partition coefficient (Wildman–Crippen LogP) is 3.44. The van der Waals surface area contributed by atoms with E-state index in [1.54, 1.807) is 12.2 Å². The third-order valence-corrected chi connectivity index (χ3v) is 4.23. The SMILES string of the molecule is C=C/C(=C\C(O)=C/N)c1cc2c3c(c1)CCN3C(=C)CC2. The van der Waals surface area contributed by atoms with Gasteiger partial charge in [0, 0.05) is 24.1 Å². The van der Waals surface area contributed by atoms with E-state index in [1.165, 1.54) is 28.7 Å². The van der Waals surface area contributed by atoms with E-state index in [0.29, 0.717) is 0 Å². The number of hydrogen-bond acceptors (Lipinski definition) is 3. The molecule has 1 aromatic rings. The van der Waals surface area contributed by atoms with Crippen LogP contribution in [0, 0.1) is 0 Å². The third kappa shape index (κ3) is 2.25. The highest BCUT2D eigenvalue weighted by atomic mass is 16.3. The van der Waals surface area contributed by atoms with E-state index in [2.05, 4.69) is 30.2 Å². The molecule has 0 bridgehead atoms. The fraction of sp³-hybridized carbons (Fsp3) is 0.222. The molecule has 0 saturated carbocycles. The van der Waals surface area contributed by atoms with Gasteiger partial charge >= 0.3 is 0 Å². The van der Waals surface area contributed by atoms with Crippen molar-refractivity contribution in [2.24, 2.45) is 5.73 Å².